The Kier molecular flexibility index (Phi) is 5.73. The van der Waals surface area contributed by atoms with Crippen LogP contribution in [0.25, 0.3) is 0 Å². The van der Waals surface area contributed by atoms with Crippen LogP contribution in [0.5, 0.6) is 0 Å². The lowest BCUT2D eigenvalue weighted by Gasteiger charge is -2.10. The van der Waals surface area contributed by atoms with Crippen molar-refractivity contribution in [2.45, 2.75) is 31.2 Å². The van der Waals surface area contributed by atoms with Crippen molar-refractivity contribution in [3.05, 3.63) is 30.1 Å². The van der Waals surface area contributed by atoms with Crippen LogP contribution in [0.15, 0.2) is 29.2 Å². The molecule has 3 heteroatoms. The summed E-state index contributed by atoms with van der Waals surface area (Å²) in [6, 6.07) is 7.24. The maximum atomic E-state index is 12.6. The molecule has 0 spiro atoms. The third-order valence-electron chi connectivity index (χ3n) is 2.29. The zero-order valence-electron chi connectivity index (χ0n) is 9.29. The summed E-state index contributed by atoms with van der Waals surface area (Å²) in [5, 5.41) is 3.42. The van der Waals surface area contributed by atoms with E-state index in [1.54, 1.807) is 11.8 Å². The Hall–Kier alpha value is -0.540. The molecular weight excluding hydrogens is 209 g/mol. The van der Waals surface area contributed by atoms with Crippen molar-refractivity contribution < 1.29 is 4.39 Å². The molecule has 0 amide bonds. The summed E-state index contributed by atoms with van der Waals surface area (Å²) in [6.45, 7) is 5.35. The van der Waals surface area contributed by atoms with E-state index in [-0.39, 0.29) is 5.82 Å². The molecule has 1 aromatic rings. The number of hydrogen-bond acceptors (Lipinski definition) is 2. The highest BCUT2D eigenvalue weighted by Gasteiger charge is 1.97. The van der Waals surface area contributed by atoms with E-state index in [0.717, 1.165) is 23.6 Å². The molecule has 84 valence electrons. The minimum atomic E-state index is -0.169. The monoisotopic (exact) mass is 227 g/mol. The van der Waals surface area contributed by atoms with Gasteiger partial charge in [0.05, 0.1) is 0 Å². The predicted octanol–water partition coefficient (Wildman–Crippen LogP) is 3.31. The molecule has 1 nitrogen and oxygen atoms in total. The summed E-state index contributed by atoms with van der Waals surface area (Å²) in [4.78, 5) is 1.13. The van der Waals surface area contributed by atoms with E-state index in [1.807, 2.05) is 12.1 Å². The Morgan fingerprint density at radius 1 is 1.33 bits per heavy atom. The molecule has 0 radical (unpaired) electrons. The molecule has 0 aliphatic heterocycles. The Labute approximate surface area is 95.5 Å². The maximum Gasteiger partial charge on any atom is 0.123 e. The van der Waals surface area contributed by atoms with Gasteiger partial charge in [-0.2, -0.15) is 0 Å². The molecule has 1 N–H and O–H groups in total. The molecule has 0 heterocycles. The van der Waals surface area contributed by atoms with Crippen LogP contribution in [-0.4, -0.2) is 18.3 Å². The first-order valence-corrected chi connectivity index (χ1v) is 6.32. The van der Waals surface area contributed by atoms with Crippen LogP contribution in [-0.2, 0) is 0 Å². The summed E-state index contributed by atoms with van der Waals surface area (Å²) in [5.74, 6) is 0.854. The van der Waals surface area contributed by atoms with Crippen LogP contribution in [0.1, 0.15) is 20.3 Å². The van der Waals surface area contributed by atoms with Gasteiger partial charge in [-0.3, -0.25) is 0 Å². The van der Waals surface area contributed by atoms with E-state index >= 15 is 0 Å². The SMILES string of the molecule is CCC(C)NCCSc1ccc(F)cc1. The molecule has 15 heavy (non-hydrogen) atoms. The van der Waals surface area contributed by atoms with E-state index in [9.17, 15) is 4.39 Å². The summed E-state index contributed by atoms with van der Waals surface area (Å²) in [7, 11) is 0. The number of nitrogens with one attached hydrogen (secondary N) is 1. The fraction of sp³-hybridized carbons (Fsp3) is 0.500. The van der Waals surface area contributed by atoms with Gasteiger partial charge >= 0.3 is 0 Å². The average molecular weight is 227 g/mol. The van der Waals surface area contributed by atoms with Gasteiger partial charge < -0.3 is 5.32 Å². The van der Waals surface area contributed by atoms with Crippen LogP contribution < -0.4 is 5.32 Å². The van der Waals surface area contributed by atoms with Gasteiger partial charge in [-0.15, -0.1) is 11.8 Å². The zero-order chi connectivity index (χ0) is 11.1. The van der Waals surface area contributed by atoms with Gasteiger partial charge in [-0.25, -0.2) is 4.39 Å². The van der Waals surface area contributed by atoms with Crippen LogP contribution in [0, 0.1) is 5.82 Å². The van der Waals surface area contributed by atoms with Crippen molar-refractivity contribution in [3.63, 3.8) is 0 Å². The molecule has 0 aromatic heterocycles. The number of halogens is 1. The zero-order valence-corrected chi connectivity index (χ0v) is 10.1. The highest BCUT2D eigenvalue weighted by Crippen LogP contribution is 2.17. The summed E-state index contributed by atoms with van der Waals surface area (Å²) in [5.41, 5.74) is 0. The van der Waals surface area contributed by atoms with E-state index in [1.165, 1.54) is 12.1 Å². The third-order valence-corrected chi connectivity index (χ3v) is 3.30. The van der Waals surface area contributed by atoms with Crippen molar-refractivity contribution in [2.24, 2.45) is 0 Å². The van der Waals surface area contributed by atoms with Gasteiger partial charge in [0, 0.05) is 23.2 Å². The van der Waals surface area contributed by atoms with Crippen molar-refractivity contribution >= 4 is 11.8 Å². The van der Waals surface area contributed by atoms with E-state index in [0.29, 0.717) is 6.04 Å². The Bertz CT molecular complexity index is 273. The summed E-state index contributed by atoms with van der Waals surface area (Å²) < 4.78 is 12.6. The van der Waals surface area contributed by atoms with E-state index in [2.05, 4.69) is 19.2 Å². The fourth-order valence-electron chi connectivity index (χ4n) is 1.15. The minimum absolute atomic E-state index is 0.169. The summed E-state index contributed by atoms with van der Waals surface area (Å²) >= 11 is 1.75. The van der Waals surface area contributed by atoms with Crippen LogP contribution in [0.4, 0.5) is 4.39 Å². The Balaban J connectivity index is 2.17. The lowest BCUT2D eigenvalue weighted by atomic mass is 10.3. The second-order valence-corrected chi connectivity index (χ2v) is 4.73. The molecule has 0 saturated carbocycles. The van der Waals surface area contributed by atoms with Crippen molar-refractivity contribution in [1.29, 1.82) is 0 Å². The standard InChI is InChI=1S/C12H18FNS/c1-3-10(2)14-8-9-15-12-6-4-11(13)5-7-12/h4-7,10,14H,3,8-9H2,1-2H3. The highest BCUT2D eigenvalue weighted by atomic mass is 32.2. The first kappa shape index (κ1) is 12.5. The average Bonchev–Trinajstić information content (AvgIpc) is 2.26. The number of benzene rings is 1. The largest absolute Gasteiger partial charge is 0.313 e. The number of rotatable bonds is 6. The normalized spacial score (nSPS) is 12.7. The smallest absolute Gasteiger partial charge is 0.123 e. The van der Waals surface area contributed by atoms with Gasteiger partial charge in [-0.05, 0) is 37.6 Å². The highest BCUT2D eigenvalue weighted by molar-refractivity contribution is 7.99. The Morgan fingerprint density at radius 3 is 2.60 bits per heavy atom. The van der Waals surface area contributed by atoms with Gasteiger partial charge in [0.2, 0.25) is 0 Å². The molecule has 0 bridgehead atoms. The quantitative estimate of drug-likeness (QED) is 0.591. The third kappa shape index (κ3) is 5.19. The van der Waals surface area contributed by atoms with Gasteiger partial charge in [0.25, 0.3) is 0 Å². The summed E-state index contributed by atoms with van der Waals surface area (Å²) in [6.07, 6.45) is 1.15. The molecule has 0 saturated heterocycles. The molecule has 1 atom stereocenters. The minimum Gasteiger partial charge on any atom is -0.313 e. The van der Waals surface area contributed by atoms with Crippen molar-refractivity contribution in [3.8, 4) is 0 Å². The second-order valence-electron chi connectivity index (χ2n) is 3.57. The topological polar surface area (TPSA) is 12.0 Å². The molecular formula is C12H18FNS. The van der Waals surface area contributed by atoms with Crippen LogP contribution in [0.2, 0.25) is 0 Å². The van der Waals surface area contributed by atoms with Gasteiger partial charge in [0.1, 0.15) is 5.82 Å². The van der Waals surface area contributed by atoms with Crippen molar-refractivity contribution in [2.75, 3.05) is 12.3 Å². The van der Waals surface area contributed by atoms with Gasteiger partial charge in [0.15, 0.2) is 0 Å². The van der Waals surface area contributed by atoms with E-state index in [4.69, 9.17) is 0 Å². The second kappa shape index (κ2) is 6.85. The molecule has 1 aromatic carbocycles. The molecule has 0 aliphatic carbocycles. The lowest BCUT2D eigenvalue weighted by molar-refractivity contribution is 0.555. The predicted molar refractivity (Wildman–Crippen MR) is 64.9 cm³/mol. The number of thioether (sulfide) groups is 1. The molecule has 0 fully saturated rings. The van der Waals surface area contributed by atoms with Gasteiger partial charge in [-0.1, -0.05) is 6.92 Å². The first-order valence-electron chi connectivity index (χ1n) is 5.34. The van der Waals surface area contributed by atoms with Crippen LogP contribution >= 0.6 is 11.8 Å². The lowest BCUT2D eigenvalue weighted by Crippen LogP contribution is -2.27. The molecule has 1 unspecified atom stereocenters. The Morgan fingerprint density at radius 2 is 2.00 bits per heavy atom. The molecule has 1 rings (SSSR count). The van der Waals surface area contributed by atoms with Crippen LogP contribution in [0.3, 0.4) is 0 Å². The number of hydrogen-bond donors (Lipinski definition) is 1. The molecule has 0 aliphatic rings. The fourth-order valence-corrected chi connectivity index (χ4v) is 1.93. The first-order chi connectivity index (χ1) is 7.22. The van der Waals surface area contributed by atoms with E-state index < -0.39 is 0 Å². The van der Waals surface area contributed by atoms with Crippen molar-refractivity contribution in [1.82, 2.24) is 5.32 Å². The maximum absolute atomic E-state index is 12.6.